The summed E-state index contributed by atoms with van der Waals surface area (Å²) in [5.74, 6) is -4.43. The molecule has 0 heterocycles. The maximum atomic E-state index is 13.5. The highest BCUT2D eigenvalue weighted by molar-refractivity contribution is 6.53. The Bertz CT molecular complexity index is 1010. The van der Waals surface area contributed by atoms with Crippen molar-refractivity contribution in [2.75, 3.05) is 5.32 Å². The lowest BCUT2D eigenvalue weighted by Gasteiger charge is -2.10. The fraction of sp³-hybridized carbons (Fsp3) is 0.235. The van der Waals surface area contributed by atoms with Gasteiger partial charge in [0, 0.05) is 17.7 Å². The molecule has 1 amide bonds. The first-order valence-corrected chi connectivity index (χ1v) is 8.96. The molecular formula is C17H9Cl3F4N2O3. The molecule has 1 saturated carbocycles. The van der Waals surface area contributed by atoms with Gasteiger partial charge in [0.25, 0.3) is 5.69 Å². The number of hydrogen-bond donors (Lipinski definition) is 1. The molecule has 1 N–H and O–H groups in total. The van der Waals surface area contributed by atoms with Crippen LogP contribution in [0, 0.1) is 21.8 Å². The summed E-state index contributed by atoms with van der Waals surface area (Å²) in [6.45, 7) is 0. The van der Waals surface area contributed by atoms with Crippen LogP contribution in [0.2, 0.25) is 5.02 Å². The lowest BCUT2D eigenvalue weighted by atomic mass is 10.0. The van der Waals surface area contributed by atoms with Crippen molar-refractivity contribution in [1.82, 2.24) is 0 Å². The van der Waals surface area contributed by atoms with Crippen molar-refractivity contribution in [2.24, 2.45) is 5.92 Å². The van der Waals surface area contributed by atoms with E-state index in [2.05, 4.69) is 5.32 Å². The van der Waals surface area contributed by atoms with Crippen LogP contribution in [0.5, 0.6) is 0 Å². The van der Waals surface area contributed by atoms with Crippen LogP contribution in [0.4, 0.5) is 28.9 Å². The molecule has 1 aliphatic rings. The summed E-state index contributed by atoms with van der Waals surface area (Å²) in [6, 6.07) is 5.76. The van der Waals surface area contributed by atoms with E-state index in [1.807, 2.05) is 0 Å². The number of rotatable bonds is 4. The van der Waals surface area contributed by atoms with Gasteiger partial charge < -0.3 is 5.32 Å². The summed E-state index contributed by atoms with van der Waals surface area (Å²) < 4.78 is 50.6. The van der Waals surface area contributed by atoms with Gasteiger partial charge in [0.1, 0.15) is 15.2 Å². The molecule has 3 rings (SSSR count). The minimum Gasteiger partial charge on any atom is -0.325 e. The lowest BCUT2D eigenvalue weighted by Crippen LogP contribution is -2.17. The van der Waals surface area contributed by atoms with Gasteiger partial charge in [-0.25, -0.2) is 4.39 Å². The fourth-order valence-electron chi connectivity index (χ4n) is 2.97. The Hall–Kier alpha value is -2.10. The highest BCUT2D eigenvalue weighted by atomic mass is 35.5. The predicted molar refractivity (Wildman–Crippen MR) is 98.8 cm³/mol. The molecule has 0 saturated heterocycles. The molecule has 1 aliphatic carbocycles. The van der Waals surface area contributed by atoms with Gasteiger partial charge in [0.2, 0.25) is 5.91 Å². The van der Waals surface area contributed by atoms with Crippen molar-refractivity contribution in [1.29, 1.82) is 0 Å². The number of halogens is 7. The van der Waals surface area contributed by atoms with Gasteiger partial charge in [-0.2, -0.15) is 13.2 Å². The number of benzene rings is 2. The first-order chi connectivity index (χ1) is 13.3. The van der Waals surface area contributed by atoms with Gasteiger partial charge in [0.05, 0.1) is 16.4 Å². The SMILES string of the molecule is O=C(Nc1ccc(Cl)c([N+](=O)[O-])c1)[C@H]1[C@H](c2ccc(F)c(C(F)(F)F)c2)C1(Cl)Cl. The number of carbonyl (C=O) groups is 1. The Kier molecular flexibility index (Phi) is 5.44. The Morgan fingerprint density at radius 1 is 1.17 bits per heavy atom. The topological polar surface area (TPSA) is 72.2 Å². The van der Waals surface area contributed by atoms with E-state index in [0.717, 1.165) is 12.1 Å². The van der Waals surface area contributed by atoms with Crippen molar-refractivity contribution in [2.45, 2.75) is 16.4 Å². The first-order valence-electron chi connectivity index (χ1n) is 7.83. The molecule has 0 aromatic heterocycles. The van der Waals surface area contributed by atoms with Crippen molar-refractivity contribution < 1.29 is 27.3 Å². The van der Waals surface area contributed by atoms with E-state index in [-0.39, 0.29) is 16.3 Å². The average molecular weight is 472 g/mol. The molecule has 2 atom stereocenters. The number of anilines is 1. The van der Waals surface area contributed by atoms with E-state index in [1.54, 1.807) is 0 Å². The molecule has 2 aromatic carbocycles. The number of nitrogens with zero attached hydrogens (tertiary/aromatic N) is 1. The largest absolute Gasteiger partial charge is 0.419 e. The molecule has 0 spiro atoms. The Morgan fingerprint density at radius 2 is 1.83 bits per heavy atom. The van der Waals surface area contributed by atoms with Gasteiger partial charge >= 0.3 is 6.18 Å². The van der Waals surface area contributed by atoms with Crippen molar-refractivity contribution in [3.05, 3.63) is 68.5 Å². The lowest BCUT2D eigenvalue weighted by molar-refractivity contribution is -0.384. The smallest absolute Gasteiger partial charge is 0.325 e. The number of amides is 1. The van der Waals surface area contributed by atoms with Crippen LogP contribution in [0.25, 0.3) is 0 Å². The molecule has 5 nitrogen and oxygen atoms in total. The fourth-order valence-corrected chi connectivity index (χ4v) is 3.99. The van der Waals surface area contributed by atoms with E-state index < -0.39 is 50.2 Å². The third-order valence-corrected chi connectivity index (χ3v) is 5.66. The Labute approximate surface area is 175 Å². The van der Waals surface area contributed by atoms with E-state index in [4.69, 9.17) is 34.8 Å². The number of nitro groups is 1. The first kappa shape index (κ1) is 21.6. The molecule has 29 heavy (non-hydrogen) atoms. The summed E-state index contributed by atoms with van der Waals surface area (Å²) in [7, 11) is 0. The van der Waals surface area contributed by atoms with Crippen LogP contribution < -0.4 is 5.32 Å². The van der Waals surface area contributed by atoms with Crippen LogP contribution in [0.15, 0.2) is 36.4 Å². The third-order valence-electron chi connectivity index (χ3n) is 4.40. The van der Waals surface area contributed by atoms with Gasteiger partial charge in [-0.05, 0) is 29.8 Å². The summed E-state index contributed by atoms with van der Waals surface area (Å²) >= 11 is 17.9. The highest BCUT2D eigenvalue weighted by Crippen LogP contribution is 2.65. The maximum absolute atomic E-state index is 13.5. The standard InChI is InChI=1S/C17H9Cl3F4N2O3/c18-10-3-2-8(6-12(10)26(28)29)25-15(27)14-13(16(14,19)20)7-1-4-11(21)9(5-7)17(22,23)24/h1-6,13-14H,(H,25,27)/t13-,14+/m0/s1. The number of nitrogens with one attached hydrogen (secondary N) is 1. The minimum atomic E-state index is -4.93. The minimum absolute atomic E-state index is 0.0240. The van der Waals surface area contributed by atoms with Gasteiger partial charge in [-0.3, -0.25) is 14.9 Å². The number of hydrogen-bond acceptors (Lipinski definition) is 3. The van der Waals surface area contributed by atoms with Gasteiger partial charge in [-0.1, -0.05) is 17.7 Å². The number of carbonyl (C=O) groups excluding carboxylic acids is 1. The molecule has 0 bridgehead atoms. The third kappa shape index (κ3) is 4.12. The predicted octanol–water partition coefficient (Wildman–Crippen LogP) is 5.93. The second-order valence-electron chi connectivity index (χ2n) is 6.28. The number of alkyl halides is 5. The molecule has 12 heteroatoms. The Morgan fingerprint density at radius 3 is 2.41 bits per heavy atom. The average Bonchev–Trinajstić information content (AvgIpc) is 3.18. The molecule has 0 radical (unpaired) electrons. The zero-order valence-corrected chi connectivity index (χ0v) is 16.2. The molecule has 1 fully saturated rings. The van der Waals surface area contributed by atoms with Crippen LogP contribution >= 0.6 is 34.8 Å². The van der Waals surface area contributed by atoms with E-state index in [0.29, 0.717) is 12.1 Å². The van der Waals surface area contributed by atoms with Crippen LogP contribution in [-0.4, -0.2) is 15.2 Å². The van der Waals surface area contributed by atoms with Crippen molar-refractivity contribution >= 4 is 52.1 Å². The van der Waals surface area contributed by atoms with Gasteiger partial charge in [-0.15, -0.1) is 23.2 Å². The maximum Gasteiger partial charge on any atom is 0.419 e. The van der Waals surface area contributed by atoms with Crippen molar-refractivity contribution in [3.8, 4) is 0 Å². The molecule has 0 unspecified atom stereocenters. The van der Waals surface area contributed by atoms with Gasteiger partial charge in [0.15, 0.2) is 0 Å². The number of nitro benzene ring substituents is 1. The highest BCUT2D eigenvalue weighted by Gasteiger charge is 2.67. The zero-order chi connectivity index (χ0) is 21.7. The molecule has 2 aromatic rings. The molecule has 0 aliphatic heterocycles. The van der Waals surface area contributed by atoms with Crippen LogP contribution in [-0.2, 0) is 11.0 Å². The molecular weight excluding hydrogens is 463 g/mol. The quantitative estimate of drug-likeness (QED) is 0.260. The second kappa shape index (κ2) is 7.30. The summed E-state index contributed by atoms with van der Waals surface area (Å²) in [5.41, 5.74) is -1.99. The monoisotopic (exact) mass is 470 g/mol. The molecule has 154 valence electrons. The van der Waals surface area contributed by atoms with E-state index >= 15 is 0 Å². The van der Waals surface area contributed by atoms with E-state index in [9.17, 15) is 32.5 Å². The summed E-state index contributed by atoms with van der Waals surface area (Å²) in [5, 5.41) is 13.2. The van der Waals surface area contributed by atoms with Crippen molar-refractivity contribution in [3.63, 3.8) is 0 Å². The summed E-state index contributed by atoms with van der Waals surface area (Å²) in [6.07, 6.45) is -4.93. The zero-order valence-electron chi connectivity index (χ0n) is 13.9. The second-order valence-corrected chi connectivity index (χ2v) is 8.13. The summed E-state index contributed by atoms with van der Waals surface area (Å²) in [4.78, 5) is 22.7. The normalized spacial score (nSPS) is 20.2. The Balaban J connectivity index is 1.85. The van der Waals surface area contributed by atoms with E-state index in [1.165, 1.54) is 12.1 Å². The van der Waals surface area contributed by atoms with Crippen LogP contribution in [0.3, 0.4) is 0 Å². The van der Waals surface area contributed by atoms with Crippen LogP contribution in [0.1, 0.15) is 17.0 Å².